The molecule has 15 heavy (non-hydrogen) atoms. The van der Waals surface area contributed by atoms with Gasteiger partial charge < -0.3 is 20.9 Å². The van der Waals surface area contributed by atoms with Gasteiger partial charge in [-0.25, -0.2) is 4.98 Å². The normalized spacial score (nSPS) is 10.2. The van der Waals surface area contributed by atoms with Crippen molar-refractivity contribution in [3.8, 4) is 0 Å². The van der Waals surface area contributed by atoms with E-state index in [1.807, 2.05) is 12.1 Å². The largest absolute Gasteiger partial charge is 0.394 e. The van der Waals surface area contributed by atoms with Gasteiger partial charge in [0.2, 0.25) is 0 Å². The average molecular weight is 211 g/mol. The van der Waals surface area contributed by atoms with Gasteiger partial charge in [0.25, 0.3) is 0 Å². The van der Waals surface area contributed by atoms with Gasteiger partial charge in [-0.15, -0.1) is 0 Å². The molecule has 0 atom stereocenters. The Kier molecular flexibility index (Phi) is 5.50. The maximum atomic E-state index is 8.47. The van der Waals surface area contributed by atoms with Crippen LogP contribution in [-0.4, -0.2) is 36.5 Å². The van der Waals surface area contributed by atoms with Gasteiger partial charge in [-0.3, -0.25) is 0 Å². The van der Waals surface area contributed by atoms with E-state index < -0.39 is 0 Å². The summed E-state index contributed by atoms with van der Waals surface area (Å²) in [6, 6.07) is 3.72. The lowest BCUT2D eigenvalue weighted by atomic mass is 10.3. The fourth-order valence-corrected chi connectivity index (χ4v) is 1.13. The van der Waals surface area contributed by atoms with Crippen molar-refractivity contribution in [2.45, 2.75) is 6.42 Å². The molecule has 84 valence electrons. The summed E-state index contributed by atoms with van der Waals surface area (Å²) in [6.07, 6.45) is 2.53. The molecule has 5 heteroatoms. The van der Waals surface area contributed by atoms with Crippen LogP contribution in [0.2, 0.25) is 0 Å². The molecule has 0 aliphatic heterocycles. The number of rotatable bonds is 7. The second kappa shape index (κ2) is 7.03. The van der Waals surface area contributed by atoms with Gasteiger partial charge in [0.15, 0.2) is 0 Å². The van der Waals surface area contributed by atoms with E-state index in [2.05, 4.69) is 10.3 Å². The zero-order valence-corrected chi connectivity index (χ0v) is 8.65. The molecular weight excluding hydrogens is 194 g/mol. The number of nitrogens with zero attached hydrogens (tertiary/aromatic N) is 1. The lowest BCUT2D eigenvalue weighted by molar-refractivity contribution is 0.0922. The van der Waals surface area contributed by atoms with Crippen molar-refractivity contribution in [1.82, 2.24) is 4.98 Å². The van der Waals surface area contributed by atoms with E-state index >= 15 is 0 Å². The van der Waals surface area contributed by atoms with E-state index in [0.717, 1.165) is 18.7 Å². The topological polar surface area (TPSA) is 80.4 Å². The summed E-state index contributed by atoms with van der Waals surface area (Å²) >= 11 is 0. The Hall–Kier alpha value is -1.33. The molecule has 4 N–H and O–H groups in total. The highest BCUT2D eigenvalue weighted by molar-refractivity contribution is 5.60. The summed E-state index contributed by atoms with van der Waals surface area (Å²) < 4.78 is 5.11. The Balaban J connectivity index is 2.12. The summed E-state index contributed by atoms with van der Waals surface area (Å²) in [5.41, 5.74) is 6.49. The van der Waals surface area contributed by atoms with Crippen LogP contribution in [0.3, 0.4) is 0 Å². The maximum absolute atomic E-state index is 8.47. The number of hydrogen-bond donors (Lipinski definition) is 3. The summed E-state index contributed by atoms with van der Waals surface area (Å²) in [5, 5.41) is 11.6. The van der Waals surface area contributed by atoms with Crippen LogP contribution in [-0.2, 0) is 4.74 Å². The second-order valence-electron chi connectivity index (χ2n) is 3.05. The van der Waals surface area contributed by atoms with Crippen LogP contribution in [0.4, 0.5) is 11.5 Å². The third-order valence-corrected chi connectivity index (χ3v) is 1.86. The number of nitrogen functional groups attached to an aromatic ring is 1. The fourth-order valence-electron chi connectivity index (χ4n) is 1.13. The molecule has 0 amide bonds. The minimum atomic E-state index is 0.0724. The molecule has 0 saturated carbocycles. The highest BCUT2D eigenvalue weighted by Gasteiger charge is 1.96. The van der Waals surface area contributed by atoms with Crippen molar-refractivity contribution in [1.29, 1.82) is 0 Å². The van der Waals surface area contributed by atoms with Gasteiger partial charge >= 0.3 is 0 Å². The van der Waals surface area contributed by atoms with Gasteiger partial charge in [0, 0.05) is 19.3 Å². The molecule has 1 aromatic rings. The molecular formula is C10H17N3O2. The smallest absolute Gasteiger partial charge is 0.146 e. The third kappa shape index (κ3) is 4.62. The summed E-state index contributed by atoms with van der Waals surface area (Å²) in [6.45, 7) is 1.88. The molecule has 1 heterocycles. The van der Waals surface area contributed by atoms with E-state index in [0.29, 0.717) is 19.0 Å². The lowest BCUT2D eigenvalue weighted by Crippen LogP contribution is -2.09. The first kappa shape index (κ1) is 11.7. The molecule has 0 saturated heterocycles. The van der Waals surface area contributed by atoms with E-state index in [4.69, 9.17) is 15.6 Å². The molecule has 0 radical (unpaired) electrons. The van der Waals surface area contributed by atoms with Gasteiger partial charge in [0.05, 0.1) is 18.9 Å². The Morgan fingerprint density at radius 3 is 3.07 bits per heavy atom. The fraction of sp³-hybridized carbons (Fsp3) is 0.500. The highest BCUT2D eigenvalue weighted by Crippen LogP contribution is 2.12. The quantitative estimate of drug-likeness (QED) is 0.571. The van der Waals surface area contributed by atoms with Crippen LogP contribution in [0.15, 0.2) is 18.3 Å². The molecule has 0 unspecified atom stereocenters. The van der Waals surface area contributed by atoms with Crippen molar-refractivity contribution in [2.24, 2.45) is 0 Å². The first-order valence-corrected chi connectivity index (χ1v) is 4.97. The molecule has 0 aromatic carbocycles. The Morgan fingerprint density at radius 2 is 2.33 bits per heavy atom. The number of nitrogens with two attached hydrogens (primary N) is 1. The molecule has 0 aliphatic rings. The molecule has 0 spiro atoms. The van der Waals surface area contributed by atoms with Gasteiger partial charge in [-0.1, -0.05) is 0 Å². The third-order valence-electron chi connectivity index (χ3n) is 1.86. The van der Waals surface area contributed by atoms with E-state index in [1.165, 1.54) is 0 Å². The zero-order chi connectivity index (χ0) is 10.9. The van der Waals surface area contributed by atoms with E-state index in [9.17, 15) is 0 Å². The van der Waals surface area contributed by atoms with Crippen LogP contribution in [0.1, 0.15) is 6.42 Å². The van der Waals surface area contributed by atoms with Crippen molar-refractivity contribution in [2.75, 3.05) is 37.4 Å². The predicted octanol–water partition coefficient (Wildman–Crippen LogP) is 0.475. The van der Waals surface area contributed by atoms with Crippen LogP contribution < -0.4 is 11.1 Å². The van der Waals surface area contributed by atoms with Crippen LogP contribution in [0.5, 0.6) is 0 Å². The van der Waals surface area contributed by atoms with Crippen LogP contribution in [0, 0.1) is 0 Å². The number of aliphatic hydroxyl groups excluding tert-OH is 1. The van der Waals surface area contributed by atoms with Crippen molar-refractivity contribution >= 4 is 11.5 Å². The minimum absolute atomic E-state index is 0.0724. The first-order chi connectivity index (χ1) is 7.34. The molecule has 1 rings (SSSR count). The van der Waals surface area contributed by atoms with Crippen molar-refractivity contribution in [3.05, 3.63) is 18.3 Å². The summed E-state index contributed by atoms with van der Waals surface area (Å²) in [5.74, 6) is 0.508. The molecule has 1 aromatic heterocycles. The molecule has 5 nitrogen and oxygen atoms in total. The monoisotopic (exact) mass is 211 g/mol. The zero-order valence-electron chi connectivity index (χ0n) is 8.65. The number of hydrogen-bond acceptors (Lipinski definition) is 5. The van der Waals surface area contributed by atoms with E-state index in [1.54, 1.807) is 6.20 Å². The predicted molar refractivity (Wildman–Crippen MR) is 59.7 cm³/mol. The first-order valence-electron chi connectivity index (χ1n) is 4.97. The number of anilines is 2. The number of nitrogens with one attached hydrogen (secondary N) is 1. The SMILES string of the molecule is Nc1ncccc1NCCCOCCO. The van der Waals surface area contributed by atoms with Crippen LogP contribution in [0.25, 0.3) is 0 Å². The number of aliphatic hydroxyl groups is 1. The van der Waals surface area contributed by atoms with Crippen molar-refractivity contribution < 1.29 is 9.84 Å². The average Bonchev–Trinajstić information content (AvgIpc) is 2.25. The molecule has 0 bridgehead atoms. The van der Waals surface area contributed by atoms with Gasteiger partial charge in [-0.2, -0.15) is 0 Å². The van der Waals surface area contributed by atoms with Gasteiger partial charge in [0.1, 0.15) is 5.82 Å². The maximum Gasteiger partial charge on any atom is 0.146 e. The Bertz CT molecular complexity index is 281. The standard InChI is InChI=1S/C10H17N3O2/c11-10-9(3-1-4-13-10)12-5-2-7-15-8-6-14/h1,3-4,12,14H,2,5-8H2,(H2,11,13). The minimum Gasteiger partial charge on any atom is -0.394 e. The second-order valence-corrected chi connectivity index (χ2v) is 3.05. The highest BCUT2D eigenvalue weighted by atomic mass is 16.5. The van der Waals surface area contributed by atoms with E-state index in [-0.39, 0.29) is 6.61 Å². The molecule has 0 fully saturated rings. The Labute approximate surface area is 89.3 Å². The Morgan fingerprint density at radius 1 is 1.47 bits per heavy atom. The summed E-state index contributed by atoms with van der Waals surface area (Å²) in [4.78, 5) is 3.96. The summed E-state index contributed by atoms with van der Waals surface area (Å²) in [7, 11) is 0. The van der Waals surface area contributed by atoms with Gasteiger partial charge in [-0.05, 0) is 18.6 Å². The number of ether oxygens (including phenoxy) is 1. The number of aromatic nitrogens is 1. The van der Waals surface area contributed by atoms with Crippen LogP contribution >= 0.6 is 0 Å². The van der Waals surface area contributed by atoms with Crippen molar-refractivity contribution in [3.63, 3.8) is 0 Å². The lowest BCUT2D eigenvalue weighted by Gasteiger charge is -2.07. The molecule has 0 aliphatic carbocycles. The number of pyridine rings is 1.